The van der Waals surface area contributed by atoms with Crippen LogP contribution in [-0.2, 0) is 0 Å². The number of aliphatic hydroxyl groups is 1. The standard InChI is InChI=1S/C8H9ClN2OS/c1-8(2,4-10)6(12)7-11-3-5(9)13-7/h3,6,12H,1-2H3. The molecule has 1 heterocycles. The molecule has 0 fully saturated rings. The minimum Gasteiger partial charge on any atom is -0.384 e. The van der Waals surface area contributed by atoms with Gasteiger partial charge in [-0.2, -0.15) is 5.26 Å². The Hall–Kier alpha value is -0.630. The van der Waals surface area contributed by atoms with Gasteiger partial charge in [0.1, 0.15) is 15.4 Å². The van der Waals surface area contributed by atoms with E-state index in [-0.39, 0.29) is 0 Å². The van der Waals surface area contributed by atoms with Crippen LogP contribution < -0.4 is 0 Å². The van der Waals surface area contributed by atoms with E-state index in [1.807, 2.05) is 6.07 Å². The molecule has 0 bridgehead atoms. The maximum Gasteiger partial charge on any atom is 0.124 e. The first-order valence-electron chi connectivity index (χ1n) is 3.68. The van der Waals surface area contributed by atoms with Crippen molar-refractivity contribution >= 4 is 22.9 Å². The van der Waals surface area contributed by atoms with Gasteiger partial charge in [-0.05, 0) is 13.8 Å². The molecule has 0 amide bonds. The van der Waals surface area contributed by atoms with E-state index in [2.05, 4.69) is 4.98 Å². The summed E-state index contributed by atoms with van der Waals surface area (Å²) < 4.78 is 0.516. The summed E-state index contributed by atoms with van der Waals surface area (Å²) >= 11 is 6.85. The molecule has 1 rings (SSSR count). The molecule has 13 heavy (non-hydrogen) atoms. The van der Waals surface area contributed by atoms with Crippen molar-refractivity contribution in [3.63, 3.8) is 0 Å². The van der Waals surface area contributed by atoms with Gasteiger partial charge in [0.05, 0.1) is 17.7 Å². The minimum absolute atomic E-state index is 0.483. The van der Waals surface area contributed by atoms with Crippen molar-refractivity contribution in [1.29, 1.82) is 5.26 Å². The Balaban J connectivity index is 2.92. The van der Waals surface area contributed by atoms with E-state index in [0.717, 1.165) is 0 Å². The van der Waals surface area contributed by atoms with Crippen molar-refractivity contribution in [2.75, 3.05) is 0 Å². The molecular formula is C8H9ClN2OS. The molecular weight excluding hydrogens is 208 g/mol. The normalized spacial score (nSPS) is 13.8. The van der Waals surface area contributed by atoms with Gasteiger partial charge in [-0.15, -0.1) is 11.3 Å². The van der Waals surface area contributed by atoms with Gasteiger partial charge < -0.3 is 5.11 Å². The number of nitriles is 1. The number of hydrogen-bond acceptors (Lipinski definition) is 4. The van der Waals surface area contributed by atoms with Gasteiger partial charge >= 0.3 is 0 Å². The van der Waals surface area contributed by atoms with Gasteiger partial charge in [0.2, 0.25) is 0 Å². The Morgan fingerprint density at radius 1 is 1.77 bits per heavy atom. The highest BCUT2D eigenvalue weighted by atomic mass is 35.5. The molecule has 3 nitrogen and oxygen atoms in total. The highest BCUT2D eigenvalue weighted by Gasteiger charge is 2.31. The molecule has 5 heteroatoms. The molecule has 0 radical (unpaired) electrons. The van der Waals surface area contributed by atoms with Gasteiger partial charge in [-0.1, -0.05) is 11.6 Å². The Kier molecular flexibility index (Phi) is 2.91. The van der Waals surface area contributed by atoms with Crippen LogP contribution in [-0.4, -0.2) is 10.1 Å². The van der Waals surface area contributed by atoms with Crippen molar-refractivity contribution in [2.45, 2.75) is 20.0 Å². The lowest BCUT2D eigenvalue weighted by atomic mass is 9.89. The summed E-state index contributed by atoms with van der Waals surface area (Å²) in [4.78, 5) is 3.92. The predicted molar refractivity (Wildman–Crippen MR) is 51.5 cm³/mol. The van der Waals surface area contributed by atoms with E-state index < -0.39 is 11.5 Å². The molecule has 0 spiro atoms. The monoisotopic (exact) mass is 216 g/mol. The third-order valence-corrected chi connectivity index (χ3v) is 2.87. The number of rotatable bonds is 2. The van der Waals surface area contributed by atoms with E-state index in [1.165, 1.54) is 17.5 Å². The van der Waals surface area contributed by atoms with Gasteiger partial charge in [-0.25, -0.2) is 4.98 Å². The second-order valence-electron chi connectivity index (χ2n) is 3.24. The Bertz CT molecular complexity index is 342. The van der Waals surface area contributed by atoms with E-state index in [1.54, 1.807) is 13.8 Å². The Labute approximate surface area is 85.6 Å². The molecule has 1 atom stereocenters. The van der Waals surface area contributed by atoms with Crippen LogP contribution in [0, 0.1) is 16.7 Å². The van der Waals surface area contributed by atoms with E-state index in [9.17, 15) is 5.11 Å². The summed E-state index contributed by atoms with van der Waals surface area (Å²) in [6.45, 7) is 3.32. The van der Waals surface area contributed by atoms with Crippen LogP contribution in [0.5, 0.6) is 0 Å². The number of hydrogen-bond donors (Lipinski definition) is 1. The molecule has 0 aliphatic carbocycles. The Morgan fingerprint density at radius 3 is 2.77 bits per heavy atom. The molecule has 0 aliphatic rings. The SMILES string of the molecule is CC(C)(C#N)C(O)c1ncc(Cl)s1. The highest BCUT2D eigenvalue weighted by Crippen LogP contribution is 2.35. The van der Waals surface area contributed by atoms with Crippen molar-refractivity contribution in [1.82, 2.24) is 4.98 Å². The fourth-order valence-corrected chi connectivity index (χ4v) is 1.87. The van der Waals surface area contributed by atoms with Crippen molar-refractivity contribution in [3.05, 3.63) is 15.5 Å². The molecule has 0 saturated heterocycles. The number of aliphatic hydroxyl groups excluding tert-OH is 1. The zero-order valence-corrected chi connectivity index (χ0v) is 8.85. The van der Waals surface area contributed by atoms with Crippen LogP contribution in [0.3, 0.4) is 0 Å². The van der Waals surface area contributed by atoms with E-state index in [0.29, 0.717) is 9.34 Å². The maximum absolute atomic E-state index is 9.73. The van der Waals surface area contributed by atoms with Crippen molar-refractivity contribution in [2.24, 2.45) is 5.41 Å². The van der Waals surface area contributed by atoms with Gasteiger partial charge in [0, 0.05) is 0 Å². The Morgan fingerprint density at radius 2 is 2.38 bits per heavy atom. The number of aromatic nitrogens is 1. The molecule has 70 valence electrons. The average molecular weight is 217 g/mol. The largest absolute Gasteiger partial charge is 0.384 e. The molecule has 1 aromatic rings. The maximum atomic E-state index is 9.73. The third-order valence-electron chi connectivity index (χ3n) is 1.70. The number of thiazole rings is 1. The van der Waals surface area contributed by atoms with Gasteiger partial charge in [0.15, 0.2) is 0 Å². The minimum atomic E-state index is -0.880. The second kappa shape index (κ2) is 3.62. The van der Waals surface area contributed by atoms with Gasteiger partial charge in [-0.3, -0.25) is 0 Å². The molecule has 1 unspecified atom stereocenters. The molecule has 0 aliphatic heterocycles. The summed E-state index contributed by atoms with van der Waals surface area (Å²) in [5.74, 6) is 0. The highest BCUT2D eigenvalue weighted by molar-refractivity contribution is 7.15. The molecule has 0 aromatic carbocycles. The van der Waals surface area contributed by atoms with Crippen molar-refractivity contribution in [3.8, 4) is 6.07 Å². The second-order valence-corrected chi connectivity index (χ2v) is 4.93. The zero-order chi connectivity index (χ0) is 10.1. The fourth-order valence-electron chi connectivity index (χ4n) is 0.763. The van der Waals surface area contributed by atoms with Crippen LogP contribution in [0.2, 0.25) is 4.34 Å². The fraction of sp³-hybridized carbons (Fsp3) is 0.500. The summed E-state index contributed by atoms with van der Waals surface area (Å²) in [5.41, 5.74) is -0.832. The average Bonchev–Trinajstić information content (AvgIpc) is 2.50. The topological polar surface area (TPSA) is 56.9 Å². The van der Waals surface area contributed by atoms with Crippen LogP contribution in [0.4, 0.5) is 0 Å². The summed E-state index contributed by atoms with van der Waals surface area (Å²) in [5, 5.41) is 19.0. The zero-order valence-electron chi connectivity index (χ0n) is 7.28. The summed E-state index contributed by atoms with van der Waals surface area (Å²) in [6, 6.07) is 2.02. The molecule has 1 aromatic heterocycles. The summed E-state index contributed by atoms with van der Waals surface area (Å²) in [6.07, 6.45) is 0.591. The number of nitrogens with zero attached hydrogens (tertiary/aromatic N) is 2. The van der Waals surface area contributed by atoms with Crippen LogP contribution >= 0.6 is 22.9 Å². The van der Waals surface area contributed by atoms with Crippen molar-refractivity contribution < 1.29 is 5.11 Å². The smallest absolute Gasteiger partial charge is 0.124 e. The molecule has 0 saturated carbocycles. The third kappa shape index (κ3) is 2.19. The predicted octanol–water partition coefficient (Wildman–Crippen LogP) is 2.38. The first-order chi connectivity index (χ1) is 5.97. The van der Waals surface area contributed by atoms with Crippen LogP contribution in [0.15, 0.2) is 6.20 Å². The van der Waals surface area contributed by atoms with Crippen LogP contribution in [0.1, 0.15) is 25.0 Å². The van der Waals surface area contributed by atoms with Crippen LogP contribution in [0.25, 0.3) is 0 Å². The van der Waals surface area contributed by atoms with E-state index >= 15 is 0 Å². The first-order valence-corrected chi connectivity index (χ1v) is 4.87. The van der Waals surface area contributed by atoms with E-state index in [4.69, 9.17) is 16.9 Å². The quantitative estimate of drug-likeness (QED) is 0.826. The summed E-state index contributed by atoms with van der Waals surface area (Å²) in [7, 11) is 0. The lowest BCUT2D eigenvalue weighted by Gasteiger charge is -2.20. The number of halogens is 1. The lowest BCUT2D eigenvalue weighted by Crippen LogP contribution is -2.19. The first kappa shape index (κ1) is 10.5. The van der Waals surface area contributed by atoms with Gasteiger partial charge in [0.25, 0.3) is 0 Å². The molecule has 1 N–H and O–H groups in total. The lowest BCUT2D eigenvalue weighted by molar-refractivity contribution is 0.0865.